The lowest BCUT2D eigenvalue weighted by molar-refractivity contribution is 0.317. The third kappa shape index (κ3) is 5.54. The minimum atomic E-state index is 0.543. The number of hydrogen-bond acceptors (Lipinski definition) is 2. The van der Waals surface area contributed by atoms with Gasteiger partial charge in [0.1, 0.15) is 5.75 Å². The van der Waals surface area contributed by atoms with E-state index >= 15 is 0 Å². The van der Waals surface area contributed by atoms with Gasteiger partial charge >= 0.3 is 0 Å². The summed E-state index contributed by atoms with van der Waals surface area (Å²) in [5.74, 6) is 1.53. The molecule has 1 rings (SSSR count). The third-order valence-corrected chi connectivity index (χ3v) is 3.74. The van der Waals surface area contributed by atoms with E-state index in [1.807, 2.05) is 0 Å². The van der Waals surface area contributed by atoms with E-state index in [0.717, 1.165) is 25.3 Å². The van der Waals surface area contributed by atoms with Crippen LogP contribution in [0.4, 0.5) is 0 Å². The van der Waals surface area contributed by atoms with Gasteiger partial charge in [0.05, 0.1) is 6.61 Å². The zero-order chi connectivity index (χ0) is 14.8. The predicted octanol–water partition coefficient (Wildman–Crippen LogP) is 4.75. The highest BCUT2D eigenvalue weighted by Crippen LogP contribution is 2.24. The molecule has 0 heterocycles. The average molecular weight is 277 g/mol. The lowest BCUT2D eigenvalue weighted by atomic mass is 9.90. The SMILES string of the molecule is CCCNC(CCC)C(C)c1ccc(OCCC)cc1. The van der Waals surface area contributed by atoms with Gasteiger partial charge in [-0.2, -0.15) is 0 Å². The van der Waals surface area contributed by atoms with Crippen LogP contribution in [0.15, 0.2) is 24.3 Å². The van der Waals surface area contributed by atoms with E-state index in [1.54, 1.807) is 0 Å². The largest absolute Gasteiger partial charge is 0.494 e. The van der Waals surface area contributed by atoms with Gasteiger partial charge in [0.15, 0.2) is 0 Å². The molecule has 0 aliphatic heterocycles. The molecule has 0 aliphatic rings. The van der Waals surface area contributed by atoms with E-state index in [9.17, 15) is 0 Å². The fraction of sp³-hybridized carbons (Fsp3) is 0.667. The molecule has 0 radical (unpaired) electrons. The van der Waals surface area contributed by atoms with Crippen molar-refractivity contribution in [3.63, 3.8) is 0 Å². The molecule has 20 heavy (non-hydrogen) atoms. The molecule has 1 N–H and O–H groups in total. The first-order chi connectivity index (χ1) is 9.72. The van der Waals surface area contributed by atoms with Crippen molar-refractivity contribution in [3.8, 4) is 5.75 Å². The van der Waals surface area contributed by atoms with Crippen LogP contribution in [0.3, 0.4) is 0 Å². The standard InChI is InChI=1S/C18H31NO/c1-5-8-18(19-13-6-2)15(4)16-9-11-17(12-10-16)20-14-7-3/h9-12,15,18-19H,5-8,13-14H2,1-4H3. The summed E-state index contributed by atoms with van der Waals surface area (Å²) in [5.41, 5.74) is 1.40. The molecule has 0 saturated heterocycles. The number of ether oxygens (including phenoxy) is 1. The van der Waals surface area contributed by atoms with Gasteiger partial charge in [-0.1, -0.05) is 46.2 Å². The van der Waals surface area contributed by atoms with Crippen LogP contribution in [0.25, 0.3) is 0 Å². The van der Waals surface area contributed by atoms with Gasteiger partial charge in [-0.3, -0.25) is 0 Å². The predicted molar refractivity (Wildman–Crippen MR) is 87.6 cm³/mol. The van der Waals surface area contributed by atoms with Gasteiger partial charge < -0.3 is 10.1 Å². The molecule has 114 valence electrons. The summed E-state index contributed by atoms with van der Waals surface area (Å²) in [6, 6.07) is 9.20. The topological polar surface area (TPSA) is 21.3 Å². The maximum absolute atomic E-state index is 5.65. The molecular formula is C18H31NO. The molecule has 0 fully saturated rings. The van der Waals surface area contributed by atoms with Crippen molar-refractivity contribution in [1.82, 2.24) is 5.32 Å². The lowest BCUT2D eigenvalue weighted by Gasteiger charge is -2.25. The van der Waals surface area contributed by atoms with Gasteiger partial charge in [0, 0.05) is 6.04 Å². The van der Waals surface area contributed by atoms with E-state index in [0.29, 0.717) is 12.0 Å². The quantitative estimate of drug-likeness (QED) is 0.666. The van der Waals surface area contributed by atoms with E-state index in [4.69, 9.17) is 4.74 Å². The molecular weight excluding hydrogens is 246 g/mol. The zero-order valence-corrected chi connectivity index (χ0v) is 13.6. The second kappa shape index (κ2) is 9.82. The first kappa shape index (κ1) is 17.0. The zero-order valence-electron chi connectivity index (χ0n) is 13.6. The number of hydrogen-bond donors (Lipinski definition) is 1. The van der Waals surface area contributed by atoms with Crippen LogP contribution in [-0.2, 0) is 0 Å². The second-order valence-corrected chi connectivity index (χ2v) is 5.56. The van der Waals surface area contributed by atoms with Crippen molar-refractivity contribution in [1.29, 1.82) is 0 Å². The maximum Gasteiger partial charge on any atom is 0.119 e. The Morgan fingerprint density at radius 3 is 2.25 bits per heavy atom. The summed E-state index contributed by atoms with van der Waals surface area (Å²) < 4.78 is 5.65. The van der Waals surface area contributed by atoms with Crippen LogP contribution < -0.4 is 10.1 Å². The summed E-state index contributed by atoms with van der Waals surface area (Å²) >= 11 is 0. The molecule has 2 nitrogen and oxygen atoms in total. The molecule has 0 amide bonds. The van der Waals surface area contributed by atoms with Gasteiger partial charge in [0.25, 0.3) is 0 Å². The average Bonchev–Trinajstić information content (AvgIpc) is 2.49. The Kier molecular flexibility index (Phi) is 8.36. The molecule has 0 aromatic heterocycles. The highest BCUT2D eigenvalue weighted by atomic mass is 16.5. The number of nitrogens with one attached hydrogen (secondary N) is 1. The molecule has 0 bridgehead atoms. The minimum Gasteiger partial charge on any atom is -0.494 e. The minimum absolute atomic E-state index is 0.543. The molecule has 0 aliphatic carbocycles. The highest BCUT2D eigenvalue weighted by Gasteiger charge is 2.17. The Bertz CT molecular complexity index is 347. The van der Waals surface area contributed by atoms with Crippen molar-refractivity contribution < 1.29 is 4.74 Å². The summed E-state index contributed by atoms with van der Waals surface area (Å²) in [7, 11) is 0. The molecule has 2 heteroatoms. The van der Waals surface area contributed by atoms with Crippen molar-refractivity contribution in [2.45, 2.75) is 65.3 Å². The fourth-order valence-corrected chi connectivity index (χ4v) is 2.49. The summed E-state index contributed by atoms with van der Waals surface area (Å²) in [6.07, 6.45) is 4.70. The second-order valence-electron chi connectivity index (χ2n) is 5.56. The molecule has 2 atom stereocenters. The van der Waals surface area contributed by atoms with Gasteiger partial charge in [-0.15, -0.1) is 0 Å². The smallest absolute Gasteiger partial charge is 0.119 e. The Morgan fingerprint density at radius 2 is 1.70 bits per heavy atom. The Morgan fingerprint density at radius 1 is 1.00 bits per heavy atom. The van der Waals surface area contributed by atoms with E-state index in [2.05, 4.69) is 57.3 Å². The van der Waals surface area contributed by atoms with Gasteiger partial charge in [-0.05, 0) is 49.4 Å². The third-order valence-electron chi connectivity index (χ3n) is 3.74. The highest BCUT2D eigenvalue weighted by molar-refractivity contribution is 5.30. The maximum atomic E-state index is 5.65. The van der Waals surface area contributed by atoms with Crippen LogP contribution in [0.5, 0.6) is 5.75 Å². The summed E-state index contributed by atoms with van der Waals surface area (Å²) in [5, 5.41) is 3.69. The molecule has 2 unspecified atom stereocenters. The van der Waals surface area contributed by atoms with Crippen molar-refractivity contribution >= 4 is 0 Å². The molecule has 1 aromatic rings. The van der Waals surface area contributed by atoms with Crippen LogP contribution in [0, 0.1) is 0 Å². The molecule has 1 aromatic carbocycles. The Hall–Kier alpha value is -1.02. The monoisotopic (exact) mass is 277 g/mol. The van der Waals surface area contributed by atoms with Crippen molar-refractivity contribution in [3.05, 3.63) is 29.8 Å². The molecule has 0 saturated carbocycles. The van der Waals surface area contributed by atoms with Crippen LogP contribution in [0.1, 0.15) is 64.9 Å². The summed E-state index contributed by atoms with van der Waals surface area (Å²) in [4.78, 5) is 0. The first-order valence-electron chi connectivity index (χ1n) is 8.19. The van der Waals surface area contributed by atoms with Crippen LogP contribution in [-0.4, -0.2) is 19.2 Å². The van der Waals surface area contributed by atoms with E-state index < -0.39 is 0 Å². The molecule has 0 spiro atoms. The van der Waals surface area contributed by atoms with Crippen molar-refractivity contribution in [2.75, 3.05) is 13.2 Å². The van der Waals surface area contributed by atoms with Gasteiger partial charge in [-0.25, -0.2) is 0 Å². The van der Waals surface area contributed by atoms with Crippen molar-refractivity contribution in [2.24, 2.45) is 0 Å². The van der Waals surface area contributed by atoms with E-state index in [1.165, 1.54) is 24.8 Å². The van der Waals surface area contributed by atoms with E-state index in [-0.39, 0.29) is 0 Å². The first-order valence-corrected chi connectivity index (χ1v) is 8.19. The van der Waals surface area contributed by atoms with Crippen LogP contribution in [0.2, 0.25) is 0 Å². The number of benzene rings is 1. The van der Waals surface area contributed by atoms with Crippen LogP contribution >= 0.6 is 0 Å². The normalized spacial score (nSPS) is 14.0. The Balaban J connectivity index is 2.65. The lowest BCUT2D eigenvalue weighted by Crippen LogP contribution is -2.34. The fourth-order valence-electron chi connectivity index (χ4n) is 2.49. The summed E-state index contributed by atoms with van der Waals surface area (Å²) in [6.45, 7) is 10.8. The number of rotatable bonds is 10. The van der Waals surface area contributed by atoms with Gasteiger partial charge in [0.2, 0.25) is 0 Å². The Labute approximate surface area is 124 Å².